The maximum absolute atomic E-state index is 13.8. The Morgan fingerprint density at radius 3 is 2.57 bits per heavy atom. The number of carbonyl (C=O) groups is 1. The van der Waals surface area contributed by atoms with Crippen LogP contribution in [0.25, 0.3) is 0 Å². The van der Waals surface area contributed by atoms with Crippen molar-refractivity contribution in [1.29, 1.82) is 0 Å². The zero-order chi connectivity index (χ0) is 15.6. The lowest BCUT2D eigenvalue weighted by Gasteiger charge is -2.17. The standard InChI is InChI=1S/C16H16BrFN2O/c1-10-7-8-11(9-14(10)20(2)3)19-16(21)15-12(17)5-4-6-13(15)18/h4-9H,1-3H3,(H,19,21). The first-order valence-electron chi connectivity index (χ1n) is 6.43. The van der Waals surface area contributed by atoms with Crippen LogP contribution in [0.5, 0.6) is 0 Å². The maximum atomic E-state index is 13.8. The summed E-state index contributed by atoms with van der Waals surface area (Å²) in [7, 11) is 3.86. The quantitative estimate of drug-likeness (QED) is 0.898. The van der Waals surface area contributed by atoms with Gasteiger partial charge in [-0.2, -0.15) is 0 Å². The van der Waals surface area contributed by atoms with E-state index in [1.165, 1.54) is 6.07 Å². The molecule has 0 heterocycles. The van der Waals surface area contributed by atoms with E-state index in [1.807, 2.05) is 38.1 Å². The van der Waals surface area contributed by atoms with Crippen LogP contribution >= 0.6 is 15.9 Å². The molecule has 0 aromatic heterocycles. The lowest BCUT2D eigenvalue weighted by Crippen LogP contribution is -2.16. The second kappa shape index (κ2) is 6.26. The van der Waals surface area contributed by atoms with E-state index in [2.05, 4.69) is 21.2 Å². The number of anilines is 2. The molecular weight excluding hydrogens is 335 g/mol. The molecule has 0 bridgehead atoms. The fraction of sp³-hybridized carbons (Fsp3) is 0.188. The molecule has 0 aliphatic rings. The number of halogens is 2. The molecule has 0 aliphatic heterocycles. The summed E-state index contributed by atoms with van der Waals surface area (Å²) in [6, 6.07) is 10.0. The minimum Gasteiger partial charge on any atom is -0.377 e. The van der Waals surface area contributed by atoms with Crippen molar-refractivity contribution in [2.45, 2.75) is 6.92 Å². The first-order valence-corrected chi connectivity index (χ1v) is 7.23. The number of aryl methyl sites for hydroxylation is 1. The van der Waals surface area contributed by atoms with Crippen LogP contribution in [0.4, 0.5) is 15.8 Å². The van der Waals surface area contributed by atoms with E-state index in [1.54, 1.807) is 18.2 Å². The smallest absolute Gasteiger partial charge is 0.259 e. The van der Waals surface area contributed by atoms with Crippen LogP contribution in [0.2, 0.25) is 0 Å². The topological polar surface area (TPSA) is 32.3 Å². The number of nitrogens with zero attached hydrogens (tertiary/aromatic N) is 1. The van der Waals surface area contributed by atoms with Gasteiger partial charge in [-0.15, -0.1) is 0 Å². The molecule has 0 aliphatic carbocycles. The molecule has 2 aromatic rings. The molecule has 0 radical (unpaired) electrons. The van der Waals surface area contributed by atoms with Crippen LogP contribution in [-0.4, -0.2) is 20.0 Å². The number of nitrogens with one attached hydrogen (secondary N) is 1. The molecule has 0 spiro atoms. The average Bonchev–Trinajstić information content (AvgIpc) is 2.40. The lowest BCUT2D eigenvalue weighted by atomic mass is 10.1. The number of amides is 1. The third-order valence-electron chi connectivity index (χ3n) is 3.14. The van der Waals surface area contributed by atoms with E-state index in [-0.39, 0.29) is 5.56 Å². The summed E-state index contributed by atoms with van der Waals surface area (Å²) in [5.74, 6) is -1.03. The van der Waals surface area contributed by atoms with Gasteiger partial charge >= 0.3 is 0 Å². The van der Waals surface area contributed by atoms with E-state index in [9.17, 15) is 9.18 Å². The van der Waals surface area contributed by atoms with Gasteiger partial charge in [-0.1, -0.05) is 12.1 Å². The Balaban J connectivity index is 2.30. The second-order valence-electron chi connectivity index (χ2n) is 4.95. The van der Waals surface area contributed by atoms with Gasteiger partial charge in [0.25, 0.3) is 5.91 Å². The summed E-state index contributed by atoms with van der Waals surface area (Å²) in [6.45, 7) is 1.99. The molecule has 0 saturated heterocycles. The normalized spacial score (nSPS) is 10.3. The Labute approximate surface area is 131 Å². The number of benzene rings is 2. The molecule has 5 heteroatoms. The highest BCUT2D eigenvalue weighted by atomic mass is 79.9. The van der Waals surface area contributed by atoms with Crippen LogP contribution in [0.15, 0.2) is 40.9 Å². The molecule has 3 nitrogen and oxygen atoms in total. The van der Waals surface area contributed by atoms with Gasteiger partial charge in [-0.25, -0.2) is 4.39 Å². The Morgan fingerprint density at radius 2 is 1.95 bits per heavy atom. The van der Waals surface area contributed by atoms with Crippen molar-refractivity contribution in [2.75, 3.05) is 24.3 Å². The third-order valence-corrected chi connectivity index (χ3v) is 3.80. The van der Waals surface area contributed by atoms with Crippen LogP contribution in [-0.2, 0) is 0 Å². The minimum atomic E-state index is -0.554. The Hall–Kier alpha value is -1.88. The van der Waals surface area contributed by atoms with E-state index in [0.717, 1.165) is 11.3 Å². The highest BCUT2D eigenvalue weighted by molar-refractivity contribution is 9.10. The first-order chi connectivity index (χ1) is 9.90. The maximum Gasteiger partial charge on any atom is 0.259 e. The molecule has 2 aromatic carbocycles. The van der Waals surface area contributed by atoms with Gasteiger partial charge in [0.1, 0.15) is 5.82 Å². The van der Waals surface area contributed by atoms with E-state index in [0.29, 0.717) is 10.2 Å². The van der Waals surface area contributed by atoms with E-state index >= 15 is 0 Å². The summed E-state index contributed by atoms with van der Waals surface area (Å²) in [5.41, 5.74) is 2.74. The van der Waals surface area contributed by atoms with Gasteiger partial charge in [0.15, 0.2) is 0 Å². The number of carbonyl (C=O) groups excluding carboxylic acids is 1. The zero-order valence-electron chi connectivity index (χ0n) is 12.1. The summed E-state index contributed by atoms with van der Waals surface area (Å²) < 4.78 is 14.2. The fourth-order valence-electron chi connectivity index (χ4n) is 2.08. The average molecular weight is 351 g/mol. The predicted molar refractivity (Wildman–Crippen MR) is 87.6 cm³/mol. The molecule has 110 valence electrons. The first kappa shape index (κ1) is 15.5. The SMILES string of the molecule is Cc1ccc(NC(=O)c2c(F)cccc2Br)cc1N(C)C. The molecule has 0 unspecified atom stereocenters. The van der Waals surface area contributed by atoms with Gasteiger partial charge < -0.3 is 10.2 Å². The summed E-state index contributed by atoms with van der Waals surface area (Å²) in [4.78, 5) is 14.2. The van der Waals surface area contributed by atoms with Crippen molar-refractivity contribution in [3.63, 3.8) is 0 Å². The van der Waals surface area contributed by atoms with Gasteiger partial charge in [-0.05, 0) is 52.7 Å². The monoisotopic (exact) mass is 350 g/mol. The van der Waals surface area contributed by atoms with Crippen molar-refractivity contribution in [1.82, 2.24) is 0 Å². The van der Waals surface area contributed by atoms with Crippen LogP contribution < -0.4 is 10.2 Å². The largest absolute Gasteiger partial charge is 0.377 e. The predicted octanol–water partition coefficient (Wildman–Crippen LogP) is 4.21. The number of hydrogen-bond acceptors (Lipinski definition) is 2. The molecule has 21 heavy (non-hydrogen) atoms. The Kier molecular flexibility index (Phi) is 4.63. The van der Waals surface area contributed by atoms with Crippen molar-refractivity contribution < 1.29 is 9.18 Å². The number of rotatable bonds is 3. The molecule has 0 atom stereocenters. The van der Waals surface area contributed by atoms with Crippen molar-refractivity contribution >= 4 is 33.2 Å². The molecule has 1 amide bonds. The summed E-state index contributed by atoms with van der Waals surface area (Å²) >= 11 is 3.20. The van der Waals surface area contributed by atoms with Crippen LogP contribution in [0.3, 0.4) is 0 Å². The highest BCUT2D eigenvalue weighted by Crippen LogP contribution is 2.25. The Morgan fingerprint density at radius 1 is 1.24 bits per heavy atom. The van der Waals surface area contributed by atoms with Crippen molar-refractivity contribution in [3.8, 4) is 0 Å². The van der Waals surface area contributed by atoms with Crippen molar-refractivity contribution in [2.24, 2.45) is 0 Å². The van der Waals surface area contributed by atoms with Crippen LogP contribution in [0, 0.1) is 12.7 Å². The zero-order valence-corrected chi connectivity index (χ0v) is 13.7. The Bertz CT molecular complexity index is 666. The minimum absolute atomic E-state index is 0.00415. The van der Waals surface area contributed by atoms with Gasteiger partial charge in [-0.3, -0.25) is 4.79 Å². The lowest BCUT2D eigenvalue weighted by molar-refractivity contribution is 0.102. The van der Waals surface area contributed by atoms with Crippen LogP contribution in [0.1, 0.15) is 15.9 Å². The highest BCUT2D eigenvalue weighted by Gasteiger charge is 2.16. The van der Waals surface area contributed by atoms with E-state index in [4.69, 9.17) is 0 Å². The molecular formula is C16H16BrFN2O. The fourth-order valence-corrected chi connectivity index (χ4v) is 2.60. The second-order valence-corrected chi connectivity index (χ2v) is 5.80. The van der Waals surface area contributed by atoms with Gasteiger partial charge in [0.2, 0.25) is 0 Å². The summed E-state index contributed by atoms with van der Waals surface area (Å²) in [6.07, 6.45) is 0. The molecule has 0 saturated carbocycles. The molecule has 0 fully saturated rings. The molecule has 1 N–H and O–H groups in total. The van der Waals surface area contributed by atoms with Gasteiger partial charge in [0.05, 0.1) is 5.56 Å². The number of hydrogen-bond donors (Lipinski definition) is 1. The summed E-state index contributed by atoms with van der Waals surface area (Å²) in [5, 5.41) is 2.73. The third kappa shape index (κ3) is 3.42. The van der Waals surface area contributed by atoms with Crippen molar-refractivity contribution in [3.05, 3.63) is 57.8 Å². The van der Waals surface area contributed by atoms with Gasteiger partial charge in [0, 0.05) is 29.9 Å². The molecule has 2 rings (SSSR count). The van der Waals surface area contributed by atoms with E-state index < -0.39 is 11.7 Å².